The van der Waals surface area contributed by atoms with Gasteiger partial charge < -0.3 is 34.1 Å². The fourth-order valence-electron chi connectivity index (χ4n) is 8.01. The number of nitrogens with one attached hydrogen (secondary N) is 1. The molecule has 5 aliphatic rings. The van der Waals surface area contributed by atoms with Gasteiger partial charge in [-0.05, 0) is 88.9 Å². The first-order valence-electron chi connectivity index (χ1n) is 19.1. The fourth-order valence-corrected chi connectivity index (χ4v) is 8.01. The molecule has 3 saturated heterocycles. The molecular weight excluding hydrogens is 604 g/mol. The molecule has 0 bridgehead atoms. The second kappa shape index (κ2) is 23.3. The molecule has 0 aromatic heterocycles. The van der Waals surface area contributed by atoms with E-state index in [-0.39, 0.29) is 27.1 Å². The van der Waals surface area contributed by atoms with Crippen molar-refractivity contribution in [1.82, 2.24) is 10.2 Å². The van der Waals surface area contributed by atoms with Crippen molar-refractivity contribution in [1.29, 1.82) is 0 Å². The molecule has 3 aliphatic heterocycles. The summed E-state index contributed by atoms with van der Waals surface area (Å²) in [7, 11) is 0. The summed E-state index contributed by atoms with van der Waals surface area (Å²) >= 11 is 0. The quantitative estimate of drug-likeness (QED) is 0.229. The minimum Gasteiger partial charge on any atom is -0.389 e. The van der Waals surface area contributed by atoms with E-state index in [4.69, 9.17) is 23.7 Å². The summed E-state index contributed by atoms with van der Waals surface area (Å²) in [6.45, 7) is 29.0. The van der Waals surface area contributed by atoms with Gasteiger partial charge in [0, 0.05) is 32.7 Å². The first-order chi connectivity index (χ1) is 21.8. The van der Waals surface area contributed by atoms with Crippen LogP contribution in [0.1, 0.15) is 123 Å². The Morgan fingerprint density at radius 3 is 1.58 bits per heavy atom. The van der Waals surface area contributed by atoms with Crippen LogP contribution in [0.4, 0.5) is 0 Å². The molecule has 48 heavy (non-hydrogen) atoms. The first kappa shape index (κ1) is 45.7. The number of hydrogen-bond acceptors (Lipinski definition) is 8. The Hall–Kier alpha value is -0.320. The molecule has 0 radical (unpaired) electrons. The van der Waals surface area contributed by atoms with Crippen molar-refractivity contribution < 1.29 is 28.8 Å². The van der Waals surface area contributed by atoms with Crippen LogP contribution in [0.25, 0.3) is 0 Å². The van der Waals surface area contributed by atoms with Crippen LogP contribution in [0.2, 0.25) is 0 Å². The Morgan fingerprint density at radius 1 is 0.708 bits per heavy atom. The minimum absolute atomic E-state index is 0. The monoisotopic (exact) mass is 687 g/mol. The Kier molecular flexibility index (Phi) is 22.2. The van der Waals surface area contributed by atoms with E-state index in [1.165, 1.54) is 32.1 Å². The van der Waals surface area contributed by atoms with Crippen LogP contribution in [-0.2, 0) is 23.7 Å². The molecule has 8 nitrogen and oxygen atoms in total. The van der Waals surface area contributed by atoms with Crippen LogP contribution >= 0.6 is 0 Å². The normalized spacial score (nSPS) is 37.6. The number of β-amino-alcohol motifs (C(OH)–C–C–N with tert-alkyl or cyclic N) is 1. The highest BCUT2D eigenvalue weighted by molar-refractivity contribution is 4.84. The van der Waals surface area contributed by atoms with Crippen LogP contribution in [0.5, 0.6) is 0 Å². The summed E-state index contributed by atoms with van der Waals surface area (Å²) in [6.07, 6.45) is 9.79. The standard InChI is InChI=1S/C19H37NO3.C13H24O2.C6H13NO.2CH4/c1-13(2)18-7-6-14(3)8-19(18)22-12-17(21)11-20-9-15(4)23-16(5)10-20;1-9(2)12-5-4-10(3)6-13(12)15-8-11-7-14-11;1-5-3-7-4-6(2)8-5;;/h13-19,21H,6-12H2,1-5H3;9-13H,4-8H2,1-3H3;5-7H,3-4H2,1-2H3;2*1H4. The summed E-state index contributed by atoms with van der Waals surface area (Å²) in [5.41, 5.74) is 0. The van der Waals surface area contributed by atoms with E-state index >= 15 is 0 Å². The largest absolute Gasteiger partial charge is 0.389 e. The summed E-state index contributed by atoms with van der Waals surface area (Å²) in [6, 6.07) is 0. The summed E-state index contributed by atoms with van der Waals surface area (Å²) < 4.78 is 28.6. The topological polar surface area (TPSA) is 85.0 Å². The van der Waals surface area contributed by atoms with Gasteiger partial charge >= 0.3 is 0 Å². The summed E-state index contributed by atoms with van der Waals surface area (Å²) in [5, 5.41) is 13.6. The Labute approximate surface area is 298 Å². The number of aliphatic hydroxyl groups excluding tert-OH is 1. The lowest BCUT2D eigenvalue weighted by atomic mass is 9.75. The lowest BCUT2D eigenvalue weighted by Gasteiger charge is -2.38. The van der Waals surface area contributed by atoms with Crippen molar-refractivity contribution in [3.63, 3.8) is 0 Å². The van der Waals surface area contributed by atoms with Crippen LogP contribution < -0.4 is 5.32 Å². The number of morpholine rings is 2. The molecule has 3 heterocycles. The number of hydrogen-bond donors (Lipinski definition) is 2. The minimum atomic E-state index is -0.405. The van der Waals surface area contributed by atoms with Gasteiger partial charge in [-0.1, -0.05) is 69.2 Å². The second-order valence-electron chi connectivity index (χ2n) is 16.4. The predicted octanol–water partition coefficient (Wildman–Crippen LogP) is 7.45. The maximum Gasteiger partial charge on any atom is 0.104 e. The summed E-state index contributed by atoms with van der Waals surface area (Å²) in [4.78, 5) is 2.30. The van der Waals surface area contributed by atoms with Crippen molar-refractivity contribution in [2.24, 2.45) is 35.5 Å². The average Bonchev–Trinajstić information content (AvgIpc) is 3.79. The number of nitrogens with zero attached hydrogens (tertiary/aromatic N) is 1. The zero-order valence-electron chi connectivity index (χ0n) is 31.4. The van der Waals surface area contributed by atoms with E-state index in [1.807, 2.05) is 0 Å². The number of epoxide rings is 1. The molecule has 0 spiro atoms. The predicted molar refractivity (Wildman–Crippen MR) is 201 cm³/mol. The smallest absolute Gasteiger partial charge is 0.104 e. The van der Waals surface area contributed by atoms with Gasteiger partial charge in [0.05, 0.1) is 62.5 Å². The second-order valence-corrected chi connectivity index (χ2v) is 16.4. The average molecular weight is 687 g/mol. The molecule has 288 valence electrons. The van der Waals surface area contributed by atoms with E-state index in [1.54, 1.807) is 0 Å². The van der Waals surface area contributed by atoms with Gasteiger partial charge in [-0.2, -0.15) is 0 Å². The van der Waals surface area contributed by atoms with Gasteiger partial charge in [-0.25, -0.2) is 0 Å². The van der Waals surface area contributed by atoms with E-state index in [0.29, 0.717) is 55.5 Å². The molecule has 2 saturated carbocycles. The van der Waals surface area contributed by atoms with Crippen LogP contribution in [0.3, 0.4) is 0 Å². The highest BCUT2D eigenvalue weighted by Crippen LogP contribution is 2.36. The van der Waals surface area contributed by atoms with Crippen LogP contribution in [0, 0.1) is 35.5 Å². The van der Waals surface area contributed by atoms with Crippen molar-refractivity contribution in [3.05, 3.63) is 0 Å². The highest BCUT2D eigenvalue weighted by atomic mass is 16.6. The Bertz CT molecular complexity index is 795. The molecule has 12 atom stereocenters. The van der Waals surface area contributed by atoms with E-state index < -0.39 is 6.10 Å². The molecule has 8 heteroatoms. The summed E-state index contributed by atoms with van der Waals surface area (Å²) in [5.74, 6) is 4.40. The van der Waals surface area contributed by atoms with Gasteiger partial charge in [0.2, 0.25) is 0 Å². The zero-order chi connectivity index (χ0) is 33.8. The molecule has 0 amide bonds. The van der Waals surface area contributed by atoms with Crippen molar-refractivity contribution in [3.8, 4) is 0 Å². The lowest BCUT2D eigenvalue weighted by molar-refractivity contribution is -0.0974. The maximum atomic E-state index is 10.4. The van der Waals surface area contributed by atoms with Gasteiger partial charge in [0.25, 0.3) is 0 Å². The third-order valence-electron chi connectivity index (χ3n) is 10.6. The lowest BCUT2D eigenvalue weighted by Crippen LogP contribution is -2.49. The molecule has 5 rings (SSSR count). The van der Waals surface area contributed by atoms with Gasteiger partial charge in [-0.15, -0.1) is 0 Å². The third-order valence-corrected chi connectivity index (χ3v) is 10.6. The maximum absolute atomic E-state index is 10.4. The van der Waals surface area contributed by atoms with E-state index in [0.717, 1.165) is 69.5 Å². The molecule has 12 unspecified atom stereocenters. The van der Waals surface area contributed by atoms with Crippen molar-refractivity contribution in [2.75, 3.05) is 52.5 Å². The number of rotatable bonds is 10. The fraction of sp³-hybridized carbons (Fsp3) is 1.00. The van der Waals surface area contributed by atoms with E-state index in [2.05, 4.69) is 79.5 Å². The molecule has 0 aromatic rings. The number of aliphatic hydroxyl groups is 1. The SMILES string of the molecule is C.C.CC1CCC(C(C)C)C(OCC(O)CN2CC(C)OC(C)C2)C1.CC1CCC(C(C)C)C(OCC2CO2)C1.CC1CNCC(C)O1. The molecule has 5 fully saturated rings. The van der Waals surface area contributed by atoms with Gasteiger partial charge in [0.15, 0.2) is 0 Å². The molecule has 2 N–H and O–H groups in total. The van der Waals surface area contributed by atoms with Gasteiger partial charge in [-0.3, -0.25) is 4.90 Å². The van der Waals surface area contributed by atoms with E-state index in [9.17, 15) is 5.11 Å². The first-order valence-corrected chi connectivity index (χ1v) is 19.1. The van der Waals surface area contributed by atoms with Crippen LogP contribution in [-0.4, -0.2) is 111 Å². The Morgan fingerprint density at radius 2 is 1.17 bits per heavy atom. The third kappa shape index (κ3) is 17.3. The molecule has 0 aromatic carbocycles. The number of ether oxygens (including phenoxy) is 5. The molecular formula is C40H82N2O6. The molecule has 2 aliphatic carbocycles. The van der Waals surface area contributed by atoms with Gasteiger partial charge in [0.1, 0.15) is 6.10 Å². The Balaban J connectivity index is 0.000000395. The van der Waals surface area contributed by atoms with Crippen LogP contribution in [0.15, 0.2) is 0 Å². The highest BCUT2D eigenvalue weighted by Gasteiger charge is 2.34. The zero-order valence-corrected chi connectivity index (χ0v) is 31.4. The van der Waals surface area contributed by atoms with Crippen molar-refractivity contribution >= 4 is 0 Å². The van der Waals surface area contributed by atoms with Crippen molar-refractivity contribution in [2.45, 2.75) is 171 Å².